The number of methoxy groups -OCH3 is 1. The zero-order chi connectivity index (χ0) is 15.6. The number of hydrogen-bond acceptors (Lipinski definition) is 4. The van der Waals surface area contributed by atoms with Gasteiger partial charge in [0.1, 0.15) is 5.75 Å². The van der Waals surface area contributed by atoms with Crippen LogP contribution in [0.25, 0.3) is 0 Å². The Morgan fingerprint density at radius 3 is 2.71 bits per heavy atom. The lowest BCUT2D eigenvalue weighted by atomic mass is 10.0. The number of aliphatic carboxylic acids is 1. The van der Waals surface area contributed by atoms with E-state index in [0.717, 1.165) is 5.56 Å². The predicted molar refractivity (Wildman–Crippen MR) is 76.8 cm³/mol. The van der Waals surface area contributed by atoms with Gasteiger partial charge in [-0.1, -0.05) is 0 Å². The number of ether oxygens (including phenoxy) is 1. The summed E-state index contributed by atoms with van der Waals surface area (Å²) in [5.74, 6) is -0.954. The maximum Gasteiger partial charge on any atom is 0.307 e. The summed E-state index contributed by atoms with van der Waals surface area (Å²) >= 11 is 0. The molecule has 1 unspecified atom stereocenters. The van der Waals surface area contributed by atoms with Crippen molar-refractivity contribution in [2.24, 2.45) is 5.92 Å². The molecule has 0 aromatic heterocycles. The lowest BCUT2D eigenvalue weighted by molar-refractivity contribution is -0.142. The van der Waals surface area contributed by atoms with Gasteiger partial charge in [0, 0.05) is 13.1 Å². The zero-order valence-corrected chi connectivity index (χ0v) is 12.9. The molecule has 1 heterocycles. The fraction of sp³-hybridized carbons (Fsp3) is 0.500. The Balaban J connectivity index is 2.29. The minimum absolute atomic E-state index is 0.0305. The SMILES string of the molecule is COc1ccc(S(=O)(=O)N2CCCC(C(=O)O)C2)cc1C. The fourth-order valence-electron chi connectivity index (χ4n) is 2.52. The molecule has 21 heavy (non-hydrogen) atoms. The summed E-state index contributed by atoms with van der Waals surface area (Å²) in [6.45, 7) is 2.16. The van der Waals surface area contributed by atoms with Gasteiger partial charge < -0.3 is 9.84 Å². The normalized spacial score (nSPS) is 20.2. The van der Waals surface area contributed by atoms with Gasteiger partial charge in [0.2, 0.25) is 10.0 Å². The Morgan fingerprint density at radius 2 is 2.14 bits per heavy atom. The van der Waals surface area contributed by atoms with Crippen molar-refractivity contribution in [2.75, 3.05) is 20.2 Å². The molecule has 0 bridgehead atoms. The molecule has 0 amide bonds. The van der Waals surface area contributed by atoms with Gasteiger partial charge in [0.15, 0.2) is 0 Å². The average Bonchev–Trinajstić information content (AvgIpc) is 2.47. The number of carboxylic acid groups (broad SMARTS) is 1. The maximum atomic E-state index is 12.6. The number of rotatable bonds is 4. The van der Waals surface area contributed by atoms with Crippen molar-refractivity contribution in [3.05, 3.63) is 23.8 Å². The van der Waals surface area contributed by atoms with Gasteiger partial charge in [-0.15, -0.1) is 0 Å². The van der Waals surface area contributed by atoms with E-state index in [4.69, 9.17) is 9.84 Å². The van der Waals surface area contributed by atoms with Crippen molar-refractivity contribution >= 4 is 16.0 Å². The summed E-state index contributed by atoms with van der Waals surface area (Å²) in [6.07, 6.45) is 1.08. The summed E-state index contributed by atoms with van der Waals surface area (Å²) in [4.78, 5) is 11.2. The van der Waals surface area contributed by atoms with Crippen LogP contribution in [-0.4, -0.2) is 44.0 Å². The lowest BCUT2D eigenvalue weighted by Crippen LogP contribution is -2.42. The van der Waals surface area contributed by atoms with Crippen molar-refractivity contribution in [1.29, 1.82) is 0 Å². The van der Waals surface area contributed by atoms with Crippen LogP contribution in [0.4, 0.5) is 0 Å². The molecule has 0 aliphatic carbocycles. The predicted octanol–water partition coefficient (Wildman–Crippen LogP) is 1.49. The summed E-state index contributed by atoms with van der Waals surface area (Å²) in [5, 5.41) is 9.07. The molecule has 116 valence electrons. The summed E-state index contributed by atoms with van der Waals surface area (Å²) in [7, 11) is -2.14. The number of hydrogen-bond donors (Lipinski definition) is 1. The van der Waals surface area contributed by atoms with E-state index in [9.17, 15) is 13.2 Å². The Labute approximate surface area is 124 Å². The van der Waals surface area contributed by atoms with E-state index in [2.05, 4.69) is 0 Å². The van der Waals surface area contributed by atoms with Crippen LogP contribution in [0.2, 0.25) is 0 Å². The molecular formula is C14H19NO5S. The van der Waals surface area contributed by atoms with Crippen LogP contribution in [-0.2, 0) is 14.8 Å². The molecule has 1 saturated heterocycles. The molecule has 1 aromatic carbocycles. The number of carbonyl (C=O) groups is 1. The van der Waals surface area contributed by atoms with E-state index in [-0.39, 0.29) is 11.4 Å². The molecule has 1 atom stereocenters. The second-order valence-electron chi connectivity index (χ2n) is 5.17. The van der Waals surface area contributed by atoms with Gasteiger partial charge in [-0.25, -0.2) is 8.42 Å². The van der Waals surface area contributed by atoms with Crippen molar-refractivity contribution in [2.45, 2.75) is 24.7 Å². The molecule has 1 N–H and O–H groups in total. The van der Waals surface area contributed by atoms with Gasteiger partial charge in [-0.05, 0) is 43.5 Å². The Bertz CT molecular complexity index is 641. The van der Waals surface area contributed by atoms with Gasteiger partial charge in [0.05, 0.1) is 17.9 Å². The highest BCUT2D eigenvalue weighted by molar-refractivity contribution is 7.89. The number of benzene rings is 1. The van der Waals surface area contributed by atoms with Crippen LogP contribution in [0.15, 0.2) is 23.1 Å². The quantitative estimate of drug-likeness (QED) is 0.910. The molecule has 0 radical (unpaired) electrons. The maximum absolute atomic E-state index is 12.6. The smallest absolute Gasteiger partial charge is 0.307 e. The average molecular weight is 313 g/mol. The first kappa shape index (κ1) is 15.8. The Kier molecular flexibility index (Phi) is 4.53. The van der Waals surface area contributed by atoms with Crippen LogP contribution < -0.4 is 4.74 Å². The zero-order valence-electron chi connectivity index (χ0n) is 12.1. The van der Waals surface area contributed by atoms with Gasteiger partial charge >= 0.3 is 5.97 Å². The highest BCUT2D eigenvalue weighted by Crippen LogP contribution is 2.27. The molecular weight excluding hydrogens is 294 g/mol. The Hall–Kier alpha value is -1.60. The fourth-order valence-corrected chi connectivity index (χ4v) is 4.13. The first-order valence-corrected chi connectivity index (χ1v) is 8.18. The third kappa shape index (κ3) is 3.19. The number of sulfonamides is 1. The second-order valence-corrected chi connectivity index (χ2v) is 7.11. The summed E-state index contributed by atoms with van der Waals surface area (Å²) < 4.78 is 31.6. The third-order valence-corrected chi connectivity index (χ3v) is 5.60. The van der Waals surface area contributed by atoms with Crippen molar-refractivity contribution in [3.8, 4) is 5.75 Å². The largest absolute Gasteiger partial charge is 0.496 e. The van der Waals surface area contributed by atoms with Gasteiger partial charge in [-0.2, -0.15) is 4.31 Å². The minimum Gasteiger partial charge on any atom is -0.496 e. The molecule has 1 aromatic rings. The molecule has 1 aliphatic rings. The topological polar surface area (TPSA) is 83.9 Å². The molecule has 2 rings (SSSR count). The first-order chi connectivity index (χ1) is 9.86. The van der Waals surface area contributed by atoms with E-state index in [0.29, 0.717) is 25.1 Å². The molecule has 6 nitrogen and oxygen atoms in total. The van der Waals surface area contributed by atoms with Crippen LogP contribution >= 0.6 is 0 Å². The monoisotopic (exact) mass is 313 g/mol. The van der Waals surface area contributed by atoms with E-state index < -0.39 is 21.9 Å². The first-order valence-electron chi connectivity index (χ1n) is 6.74. The standard InChI is InChI=1S/C14H19NO5S/c1-10-8-12(5-6-13(10)20-2)21(18,19)15-7-3-4-11(9-15)14(16)17/h5-6,8,11H,3-4,7,9H2,1-2H3,(H,16,17). The van der Waals surface area contributed by atoms with E-state index in [1.807, 2.05) is 0 Å². The third-order valence-electron chi connectivity index (χ3n) is 3.74. The van der Waals surface area contributed by atoms with E-state index in [1.54, 1.807) is 19.1 Å². The number of aryl methyl sites for hydroxylation is 1. The minimum atomic E-state index is -3.66. The van der Waals surface area contributed by atoms with Crippen LogP contribution in [0.3, 0.4) is 0 Å². The molecule has 7 heteroatoms. The highest BCUT2D eigenvalue weighted by atomic mass is 32.2. The molecule has 1 aliphatic heterocycles. The van der Waals surface area contributed by atoms with Crippen LogP contribution in [0.5, 0.6) is 5.75 Å². The highest BCUT2D eigenvalue weighted by Gasteiger charge is 2.33. The van der Waals surface area contributed by atoms with Gasteiger partial charge in [-0.3, -0.25) is 4.79 Å². The van der Waals surface area contributed by atoms with Crippen LogP contribution in [0, 0.1) is 12.8 Å². The number of carboxylic acids is 1. The number of piperidine rings is 1. The van der Waals surface area contributed by atoms with E-state index >= 15 is 0 Å². The van der Waals surface area contributed by atoms with Crippen molar-refractivity contribution < 1.29 is 23.1 Å². The summed E-state index contributed by atoms with van der Waals surface area (Å²) in [5.41, 5.74) is 0.727. The summed E-state index contributed by atoms with van der Waals surface area (Å²) in [6, 6.07) is 4.66. The molecule has 1 fully saturated rings. The van der Waals surface area contributed by atoms with Gasteiger partial charge in [0.25, 0.3) is 0 Å². The Morgan fingerprint density at radius 1 is 1.43 bits per heavy atom. The molecule has 0 spiro atoms. The molecule has 0 saturated carbocycles. The van der Waals surface area contributed by atoms with Crippen LogP contribution in [0.1, 0.15) is 18.4 Å². The van der Waals surface area contributed by atoms with Crippen molar-refractivity contribution in [1.82, 2.24) is 4.31 Å². The van der Waals surface area contributed by atoms with E-state index in [1.165, 1.54) is 17.5 Å². The lowest BCUT2D eigenvalue weighted by Gasteiger charge is -2.30. The number of nitrogens with zero attached hydrogens (tertiary/aromatic N) is 1. The second kappa shape index (κ2) is 6.03. The van der Waals surface area contributed by atoms with Crippen molar-refractivity contribution in [3.63, 3.8) is 0 Å².